The van der Waals surface area contributed by atoms with Crippen LogP contribution in [0.1, 0.15) is 52.1 Å². The number of anilines is 1. The van der Waals surface area contributed by atoms with Crippen LogP contribution in [0.3, 0.4) is 0 Å². The number of rotatable bonds is 1. The number of halogens is 1. The topological polar surface area (TPSA) is 31.9 Å². The third-order valence-corrected chi connectivity index (χ3v) is 4.84. The smallest absolute Gasteiger partial charge is 0.204 e. The van der Waals surface area contributed by atoms with E-state index < -0.39 is 0 Å². The molecule has 2 heterocycles. The highest BCUT2D eigenvalue weighted by atomic mass is 79.9. The molecule has 1 fully saturated rings. The molecule has 0 amide bonds. The Kier molecular flexibility index (Phi) is 4.66. The molecule has 0 unspecified atom stereocenters. The third kappa shape index (κ3) is 3.57. The van der Waals surface area contributed by atoms with Crippen LogP contribution in [-0.2, 0) is 5.41 Å². The molecule has 0 radical (unpaired) electrons. The van der Waals surface area contributed by atoms with E-state index in [1.54, 1.807) is 0 Å². The van der Waals surface area contributed by atoms with E-state index in [0.29, 0.717) is 4.64 Å². The summed E-state index contributed by atoms with van der Waals surface area (Å²) in [5.74, 6) is 0.931. The van der Waals surface area contributed by atoms with Crippen molar-refractivity contribution in [2.75, 3.05) is 18.0 Å². The average Bonchev–Trinajstić information content (AvgIpc) is 2.59. The van der Waals surface area contributed by atoms with Crippen molar-refractivity contribution in [3.05, 3.63) is 14.8 Å². The highest BCUT2D eigenvalue weighted by Gasteiger charge is 2.22. The normalized spacial score (nSPS) is 17.4. The number of aromatic amines is 1. The highest BCUT2D eigenvalue weighted by Crippen LogP contribution is 2.30. The molecule has 1 N–H and O–H groups in total. The van der Waals surface area contributed by atoms with E-state index in [2.05, 4.69) is 51.6 Å². The number of hydrogen-bond acceptors (Lipinski definition) is 3. The zero-order valence-corrected chi connectivity index (χ0v) is 14.3. The van der Waals surface area contributed by atoms with Gasteiger partial charge in [-0.25, -0.2) is 4.98 Å². The fourth-order valence-electron chi connectivity index (χ4n) is 2.40. The van der Waals surface area contributed by atoms with Crippen LogP contribution in [-0.4, -0.2) is 23.1 Å². The molecule has 19 heavy (non-hydrogen) atoms. The predicted molar refractivity (Wildman–Crippen MR) is 86.5 cm³/mol. The summed E-state index contributed by atoms with van der Waals surface area (Å²) < 4.78 is 1.58. The van der Waals surface area contributed by atoms with Crippen LogP contribution in [0.15, 0.2) is 4.47 Å². The van der Waals surface area contributed by atoms with Crippen LogP contribution in [0, 0.1) is 4.64 Å². The lowest BCUT2D eigenvalue weighted by Gasteiger charge is -2.26. The van der Waals surface area contributed by atoms with Crippen molar-refractivity contribution in [2.45, 2.75) is 51.9 Å². The summed E-state index contributed by atoms with van der Waals surface area (Å²) in [7, 11) is 0. The molecule has 106 valence electrons. The SMILES string of the molecule is CC(C)(C)c1[nH]c(N2CCCCCC2)nc(=S)c1Br. The summed E-state index contributed by atoms with van der Waals surface area (Å²) in [6, 6.07) is 0. The number of aromatic nitrogens is 2. The molecular weight excluding hydrogens is 322 g/mol. The molecule has 0 spiro atoms. The molecule has 0 aliphatic carbocycles. The Morgan fingerprint density at radius 3 is 2.26 bits per heavy atom. The van der Waals surface area contributed by atoms with Gasteiger partial charge in [-0.15, -0.1) is 0 Å². The Balaban J connectivity index is 2.41. The second-order valence-electron chi connectivity index (χ2n) is 6.21. The molecule has 1 saturated heterocycles. The van der Waals surface area contributed by atoms with Crippen LogP contribution < -0.4 is 4.90 Å². The minimum Gasteiger partial charge on any atom is -0.342 e. The van der Waals surface area contributed by atoms with Crippen molar-refractivity contribution in [2.24, 2.45) is 0 Å². The molecule has 1 aromatic heterocycles. The van der Waals surface area contributed by atoms with Gasteiger partial charge in [-0.3, -0.25) is 0 Å². The fourth-order valence-corrected chi connectivity index (χ4v) is 3.37. The molecule has 0 aromatic carbocycles. The molecular formula is C14H22BrN3S. The number of hydrogen-bond donors (Lipinski definition) is 1. The van der Waals surface area contributed by atoms with E-state index in [1.807, 2.05) is 0 Å². The average molecular weight is 344 g/mol. The molecule has 0 saturated carbocycles. The molecule has 1 aliphatic rings. The molecule has 2 rings (SSSR count). The lowest BCUT2D eigenvalue weighted by molar-refractivity contribution is 0.560. The van der Waals surface area contributed by atoms with Gasteiger partial charge in [-0.1, -0.05) is 45.8 Å². The monoisotopic (exact) mass is 343 g/mol. The van der Waals surface area contributed by atoms with Gasteiger partial charge < -0.3 is 9.88 Å². The van der Waals surface area contributed by atoms with Crippen LogP contribution in [0.2, 0.25) is 0 Å². The van der Waals surface area contributed by atoms with E-state index in [1.165, 1.54) is 25.7 Å². The van der Waals surface area contributed by atoms with Crippen molar-refractivity contribution in [3.8, 4) is 0 Å². The molecule has 0 atom stereocenters. The predicted octanol–water partition coefficient (Wildman–Crippen LogP) is 4.58. The Hall–Kier alpha value is -0.420. The van der Waals surface area contributed by atoms with Crippen LogP contribution in [0.25, 0.3) is 0 Å². The van der Waals surface area contributed by atoms with Crippen molar-refractivity contribution >= 4 is 34.1 Å². The summed E-state index contributed by atoms with van der Waals surface area (Å²) in [4.78, 5) is 10.4. The van der Waals surface area contributed by atoms with Crippen LogP contribution in [0.5, 0.6) is 0 Å². The maximum Gasteiger partial charge on any atom is 0.204 e. The third-order valence-electron chi connectivity index (χ3n) is 3.51. The summed E-state index contributed by atoms with van der Waals surface area (Å²) in [5.41, 5.74) is 1.15. The maximum absolute atomic E-state index is 5.40. The number of H-pyrrole nitrogens is 1. The lowest BCUT2D eigenvalue weighted by Crippen LogP contribution is -2.28. The molecule has 5 heteroatoms. The molecule has 1 aromatic rings. The summed E-state index contributed by atoms with van der Waals surface area (Å²) >= 11 is 8.97. The summed E-state index contributed by atoms with van der Waals surface area (Å²) in [6.45, 7) is 8.70. The van der Waals surface area contributed by atoms with Gasteiger partial charge in [0.05, 0.1) is 4.47 Å². The van der Waals surface area contributed by atoms with Gasteiger partial charge in [0.2, 0.25) is 5.95 Å². The van der Waals surface area contributed by atoms with E-state index in [0.717, 1.165) is 29.2 Å². The van der Waals surface area contributed by atoms with E-state index >= 15 is 0 Å². The largest absolute Gasteiger partial charge is 0.342 e. The zero-order valence-electron chi connectivity index (χ0n) is 11.9. The maximum atomic E-state index is 5.40. The van der Waals surface area contributed by atoms with Crippen LogP contribution in [0.4, 0.5) is 5.95 Å². The molecule has 3 nitrogen and oxygen atoms in total. The highest BCUT2D eigenvalue weighted by molar-refractivity contribution is 9.10. The lowest BCUT2D eigenvalue weighted by atomic mass is 9.92. The summed E-state index contributed by atoms with van der Waals surface area (Å²) in [5, 5.41) is 0. The second-order valence-corrected chi connectivity index (χ2v) is 7.39. The Bertz CT molecular complexity index is 496. The van der Waals surface area contributed by atoms with Crippen molar-refractivity contribution in [1.82, 2.24) is 9.97 Å². The first-order valence-electron chi connectivity index (χ1n) is 6.95. The Labute approximate surface area is 129 Å². The van der Waals surface area contributed by atoms with Gasteiger partial charge in [0.1, 0.15) is 4.64 Å². The Morgan fingerprint density at radius 1 is 1.16 bits per heavy atom. The zero-order chi connectivity index (χ0) is 14.0. The summed E-state index contributed by atoms with van der Waals surface area (Å²) in [6.07, 6.45) is 5.12. The van der Waals surface area contributed by atoms with E-state index in [4.69, 9.17) is 12.2 Å². The van der Waals surface area contributed by atoms with Gasteiger partial charge in [-0.2, -0.15) is 0 Å². The Morgan fingerprint density at radius 2 is 1.74 bits per heavy atom. The number of nitrogens with zero attached hydrogens (tertiary/aromatic N) is 2. The van der Waals surface area contributed by atoms with Gasteiger partial charge in [0.25, 0.3) is 0 Å². The first-order valence-corrected chi connectivity index (χ1v) is 8.15. The van der Waals surface area contributed by atoms with Crippen molar-refractivity contribution < 1.29 is 0 Å². The van der Waals surface area contributed by atoms with E-state index in [9.17, 15) is 0 Å². The van der Waals surface area contributed by atoms with Gasteiger partial charge in [-0.05, 0) is 28.8 Å². The number of nitrogens with one attached hydrogen (secondary N) is 1. The standard InChI is InChI=1S/C14H22BrN3S/c1-14(2,3)11-10(15)12(19)17-13(16-11)18-8-6-4-5-7-9-18/h4-9H2,1-3H3,(H,16,17,19). The fraction of sp³-hybridized carbons (Fsp3) is 0.714. The second kappa shape index (κ2) is 5.92. The molecule has 1 aliphatic heterocycles. The van der Waals surface area contributed by atoms with Gasteiger partial charge in [0.15, 0.2) is 0 Å². The first kappa shape index (κ1) is 15.0. The minimum atomic E-state index is 0.0237. The quantitative estimate of drug-likeness (QED) is 0.757. The molecule has 0 bridgehead atoms. The van der Waals surface area contributed by atoms with Gasteiger partial charge >= 0.3 is 0 Å². The van der Waals surface area contributed by atoms with Crippen LogP contribution >= 0.6 is 28.1 Å². The first-order chi connectivity index (χ1) is 8.89. The van der Waals surface area contributed by atoms with Crippen molar-refractivity contribution in [1.29, 1.82) is 0 Å². The van der Waals surface area contributed by atoms with Gasteiger partial charge in [0, 0.05) is 24.2 Å². The van der Waals surface area contributed by atoms with E-state index in [-0.39, 0.29) is 5.41 Å². The van der Waals surface area contributed by atoms with Crippen molar-refractivity contribution in [3.63, 3.8) is 0 Å². The minimum absolute atomic E-state index is 0.0237.